The van der Waals surface area contributed by atoms with E-state index in [1.54, 1.807) is 6.21 Å². The Labute approximate surface area is 81.5 Å². The Morgan fingerprint density at radius 2 is 2.57 bits per heavy atom. The number of carbonyl (C=O) groups is 1. The van der Waals surface area contributed by atoms with Gasteiger partial charge in [-0.1, -0.05) is 0 Å². The average molecular weight is 193 g/mol. The van der Waals surface area contributed by atoms with Crippen molar-refractivity contribution in [3.05, 3.63) is 12.3 Å². The molecule has 0 aromatic rings. The van der Waals surface area contributed by atoms with Gasteiger partial charge in [-0.25, -0.2) is 9.98 Å². The summed E-state index contributed by atoms with van der Waals surface area (Å²) in [5.41, 5.74) is 0. The van der Waals surface area contributed by atoms with Crippen LogP contribution < -0.4 is 0 Å². The van der Waals surface area contributed by atoms with E-state index in [1.807, 2.05) is 17.2 Å². The molecular formula is C9H11N3O2. The third-order valence-electron chi connectivity index (χ3n) is 2.20. The van der Waals surface area contributed by atoms with Gasteiger partial charge in [-0.15, -0.1) is 0 Å². The molecule has 0 bridgehead atoms. The molecule has 74 valence electrons. The monoisotopic (exact) mass is 193 g/mol. The zero-order valence-electron chi connectivity index (χ0n) is 7.63. The van der Waals surface area contributed by atoms with Crippen molar-refractivity contribution in [2.45, 2.75) is 18.9 Å². The molecular weight excluding hydrogens is 182 g/mol. The van der Waals surface area contributed by atoms with Crippen LogP contribution in [0.25, 0.3) is 0 Å². The van der Waals surface area contributed by atoms with Gasteiger partial charge in [-0.3, -0.25) is 4.79 Å². The molecule has 0 fully saturated rings. The molecule has 2 aliphatic rings. The Kier molecular flexibility index (Phi) is 2.30. The van der Waals surface area contributed by atoms with Crippen LogP contribution in [0.15, 0.2) is 22.3 Å². The van der Waals surface area contributed by atoms with E-state index in [2.05, 4.69) is 9.98 Å². The average Bonchev–Trinajstić information content (AvgIpc) is 2.57. The Bertz CT molecular complexity index is 333. The Morgan fingerprint density at radius 1 is 1.71 bits per heavy atom. The van der Waals surface area contributed by atoms with Crippen LogP contribution in [0.5, 0.6) is 0 Å². The smallest absolute Gasteiger partial charge is 0.303 e. The molecule has 2 rings (SSSR count). The van der Waals surface area contributed by atoms with E-state index in [0.717, 1.165) is 6.54 Å². The fourth-order valence-electron chi connectivity index (χ4n) is 1.52. The topological polar surface area (TPSA) is 65.3 Å². The number of hydrogen-bond acceptors (Lipinski definition) is 4. The standard InChI is InChI=1S/C9H11N3O2/c13-8(14)3-2-7-6-12-5-1-4-10-9(12)11-7/h1,4-5,7H,2-3,6H2,(H,13,14). The van der Waals surface area contributed by atoms with Crippen LogP contribution >= 0.6 is 0 Å². The maximum Gasteiger partial charge on any atom is 0.303 e. The Balaban J connectivity index is 1.93. The number of allylic oxidation sites excluding steroid dienone is 1. The third kappa shape index (κ3) is 1.81. The first-order valence-electron chi connectivity index (χ1n) is 4.53. The van der Waals surface area contributed by atoms with Crippen LogP contribution in [0, 0.1) is 0 Å². The summed E-state index contributed by atoms with van der Waals surface area (Å²) >= 11 is 0. The van der Waals surface area contributed by atoms with Gasteiger partial charge < -0.3 is 10.0 Å². The molecule has 2 heterocycles. The summed E-state index contributed by atoms with van der Waals surface area (Å²) in [5.74, 6) is -0.0722. The molecule has 0 aliphatic carbocycles. The number of guanidine groups is 1. The molecule has 0 radical (unpaired) electrons. The lowest BCUT2D eigenvalue weighted by Gasteiger charge is -2.14. The lowest BCUT2D eigenvalue weighted by atomic mass is 10.2. The van der Waals surface area contributed by atoms with Crippen LogP contribution in [-0.2, 0) is 4.79 Å². The predicted octanol–water partition coefficient (Wildman–Crippen LogP) is 0.490. The lowest BCUT2D eigenvalue weighted by Crippen LogP contribution is -2.24. The van der Waals surface area contributed by atoms with E-state index in [9.17, 15) is 4.79 Å². The molecule has 0 saturated heterocycles. The zero-order chi connectivity index (χ0) is 9.97. The summed E-state index contributed by atoms with van der Waals surface area (Å²) in [6.07, 6.45) is 6.20. The first-order valence-corrected chi connectivity index (χ1v) is 4.53. The van der Waals surface area contributed by atoms with Crippen molar-refractivity contribution in [1.82, 2.24) is 4.90 Å². The van der Waals surface area contributed by atoms with Gasteiger partial charge in [0.15, 0.2) is 0 Å². The molecule has 5 heteroatoms. The number of rotatable bonds is 3. The van der Waals surface area contributed by atoms with Crippen LogP contribution in [0.1, 0.15) is 12.8 Å². The van der Waals surface area contributed by atoms with E-state index in [-0.39, 0.29) is 12.5 Å². The quantitative estimate of drug-likeness (QED) is 0.709. The minimum atomic E-state index is -0.769. The molecule has 14 heavy (non-hydrogen) atoms. The van der Waals surface area contributed by atoms with Crippen molar-refractivity contribution in [1.29, 1.82) is 0 Å². The van der Waals surface area contributed by atoms with Gasteiger partial charge in [0, 0.05) is 25.4 Å². The van der Waals surface area contributed by atoms with E-state index < -0.39 is 5.97 Å². The Morgan fingerprint density at radius 3 is 3.29 bits per heavy atom. The summed E-state index contributed by atoms with van der Waals surface area (Å²) in [6.45, 7) is 0.746. The lowest BCUT2D eigenvalue weighted by molar-refractivity contribution is -0.137. The molecule has 0 saturated carbocycles. The van der Waals surface area contributed by atoms with Gasteiger partial charge in [-0.2, -0.15) is 0 Å². The SMILES string of the molecule is O=C(O)CCC1CN2C=CC=NC2=N1. The fourth-order valence-corrected chi connectivity index (χ4v) is 1.52. The molecule has 1 atom stereocenters. The number of hydrogen-bond donors (Lipinski definition) is 1. The van der Waals surface area contributed by atoms with Gasteiger partial charge in [-0.05, 0) is 12.5 Å². The van der Waals surface area contributed by atoms with Crippen molar-refractivity contribution in [3.8, 4) is 0 Å². The first-order chi connectivity index (χ1) is 6.75. The number of aliphatic carboxylic acids is 1. The normalized spacial score (nSPS) is 23.6. The Hall–Kier alpha value is -1.65. The highest BCUT2D eigenvalue weighted by molar-refractivity contribution is 5.95. The third-order valence-corrected chi connectivity index (χ3v) is 2.20. The second-order valence-electron chi connectivity index (χ2n) is 3.29. The maximum atomic E-state index is 10.4. The van der Waals surface area contributed by atoms with Crippen molar-refractivity contribution < 1.29 is 9.90 Å². The van der Waals surface area contributed by atoms with Crippen molar-refractivity contribution in [2.75, 3.05) is 6.54 Å². The summed E-state index contributed by atoms with van der Waals surface area (Å²) in [7, 11) is 0. The van der Waals surface area contributed by atoms with E-state index in [0.29, 0.717) is 12.4 Å². The van der Waals surface area contributed by atoms with Gasteiger partial charge in [0.25, 0.3) is 0 Å². The first kappa shape index (κ1) is 8.93. The maximum absolute atomic E-state index is 10.4. The second kappa shape index (κ2) is 3.61. The molecule has 1 N–H and O–H groups in total. The van der Waals surface area contributed by atoms with Gasteiger partial charge in [0.2, 0.25) is 5.96 Å². The van der Waals surface area contributed by atoms with E-state index in [1.165, 1.54) is 0 Å². The molecule has 2 aliphatic heterocycles. The number of fused-ring (bicyclic) bond motifs is 1. The van der Waals surface area contributed by atoms with E-state index >= 15 is 0 Å². The number of nitrogens with zero attached hydrogens (tertiary/aromatic N) is 3. The largest absolute Gasteiger partial charge is 0.481 e. The molecule has 0 spiro atoms. The minimum Gasteiger partial charge on any atom is -0.481 e. The summed E-state index contributed by atoms with van der Waals surface area (Å²) in [5, 5.41) is 8.53. The predicted molar refractivity (Wildman–Crippen MR) is 52.4 cm³/mol. The van der Waals surface area contributed by atoms with Crippen molar-refractivity contribution in [2.24, 2.45) is 9.98 Å². The number of carboxylic acid groups (broad SMARTS) is 1. The van der Waals surface area contributed by atoms with Gasteiger partial charge >= 0.3 is 5.97 Å². The summed E-state index contributed by atoms with van der Waals surface area (Å²) in [6, 6.07) is 0.0704. The molecule has 0 aromatic carbocycles. The molecule has 0 aromatic heterocycles. The van der Waals surface area contributed by atoms with E-state index in [4.69, 9.17) is 5.11 Å². The van der Waals surface area contributed by atoms with Crippen LogP contribution in [-0.4, -0.2) is 40.7 Å². The number of aliphatic imine (C=N–C) groups is 2. The summed E-state index contributed by atoms with van der Waals surface area (Å²) < 4.78 is 0. The van der Waals surface area contributed by atoms with Crippen molar-refractivity contribution in [3.63, 3.8) is 0 Å². The van der Waals surface area contributed by atoms with Crippen LogP contribution in [0.4, 0.5) is 0 Å². The summed E-state index contributed by atoms with van der Waals surface area (Å²) in [4.78, 5) is 20.7. The molecule has 1 unspecified atom stereocenters. The molecule has 5 nitrogen and oxygen atoms in total. The fraction of sp³-hybridized carbons (Fsp3) is 0.444. The molecule has 0 amide bonds. The van der Waals surface area contributed by atoms with Crippen molar-refractivity contribution >= 4 is 18.1 Å². The van der Waals surface area contributed by atoms with Crippen LogP contribution in [0.2, 0.25) is 0 Å². The van der Waals surface area contributed by atoms with Gasteiger partial charge in [0.05, 0.1) is 6.04 Å². The highest BCUT2D eigenvalue weighted by Crippen LogP contribution is 2.16. The van der Waals surface area contributed by atoms with Crippen LogP contribution in [0.3, 0.4) is 0 Å². The minimum absolute atomic E-state index is 0.0704. The highest BCUT2D eigenvalue weighted by atomic mass is 16.4. The zero-order valence-corrected chi connectivity index (χ0v) is 7.63. The van der Waals surface area contributed by atoms with Gasteiger partial charge in [0.1, 0.15) is 0 Å². The number of carboxylic acids is 1. The highest BCUT2D eigenvalue weighted by Gasteiger charge is 2.24. The second-order valence-corrected chi connectivity index (χ2v) is 3.29.